The summed E-state index contributed by atoms with van der Waals surface area (Å²) in [7, 11) is 0. The largest absolute Gasteiger partial charge is 0.462 e. The van der Waals surface area contributed by atoms with Gasteiger partial charge in [0.05, 0.1) is 0 Å². The fraction of sp³-hybridized carbons (Fsp3) is 0.809. The summed E-state index contributed by atoms with van der Waals surface area (Å²) in [6.07, 6.45) is 79.3. The number of carbonyl (C=O) groups is 3. The van der Waals surface area contributed by atoms with Gasteiger partial charge < -0.3 is 14.2 Å². The van der Waals surface area contributed by atoms with Crippen molar-refractivity contribution in [1.29, 1.82) is 0 Å². The maximum atomic E-state index is 12.9. The van der Waals surface area contributed by atoms with E-state index in [-0.39, 0.29) is 31.1 Å². The maximum Gasteiger partial charge on any atom is 0.306 e. The van der Waals surface area contributed by atoms with E-state index < -0.39 is 6.10 Å². The molecule has 0 saturated carbocycles. The van der Waals surface area contributed by atoms with Crippen LogP contribution in [0.4, 0.5) is 0 Å². The summed E-state index contributed by atoms with van der Waals surface area (Å²) in [4.78, 5) is 38.4. The number of esters is 3. The second-order valence-corrected chi connectivity index (χ2v) is 21.6. The van der Waals surface area contributed by atoms with Gasteiger partial charge in [-0.2, -0.15) is 0 Å². The molecule has 1 unspecified atom stereocenters. The molecule has 0 saturated heterocycles. The Morgan fingerprint density at radius 2 is 0.527 bits per heavy atom. The third-order valence-corrected chi connectivity index (χ3v) is 14.3. The third-order valence-electron chi connectivity index (χ3n) is 14.3. The average molecular weight is 1040 g/mol. The Labute approximate surface area is 460 Å². The molecular formula is C68H122O6. The normalized spacial score (nSPS) is 12.4. The van der Waals surface area contributed by atoms with E-state index in [1.54, 1.807) is 0 Å². The summed E-state index contributed by atoms with van der Waals surface area (Å²) < 4.78 is 17.0. The maximum absolute atomic E-state index is 12.9. The third kappa shape index (κ3) is 60.0. The summed E-state index contributed by atoms with van der Waals surface area (Å²) in [6.45, 7) is 6.57. The van der Waals surface area contributed by atoms with Crippen molar-refractivity contribution >= 4 is 17.9 Å². The molecule has 1 atom stereocenters. The molecule has 74 heavy (non-hydrogen) atoms. The molecule has 0 radical (unpaired) electrons. The quantitative estimate of drug-likeness (QED) is 0.0261. The van der Waals surface area contributed by atoms with Crippen LogP contribution < -0.4 is 0 Å². The zero-order valence-electron chi connectivity index (χ0n) is 49.4. The van der Waals surface area contributed by atoms with Gasteiger partial charge in [0.15, 0.2) is 6.10 Å². The van der Waals surface area contributed by atoms with E-state index in [4.69, 9.17) is 14.2 Å². The first kappa shape index (κ1) is 71.1. The molecular weight excluding hydrogens is 913 g/mol. The van der Waals surface area contributed by atoms with Gasteiger partial charge in [-0.1, -0.05) is 293 Å². The zero-order chi connectivity index (χ0) is 53.6. The molecule has 0 fully saturated rings. The van der Waals surface area contributed by atoms with Gasteiger partial charge in [-0.05, 0) is 83.5 Å². The minimum absolute atomic E-state index is 0.0756. The van der Waals surface area contributed by atoms with Gasteiger partial charge in [-0.15, -0.1) is 0 Å². The number of allylic oxidation sites excluding steroid dienone is 10. The van der Waals surface area contributed by atoms with Crippen LogP contribution in [0.5, 0.6) is 0 Å². The topological polar surface area (TPSA) is 78.9 Å². The lowest BCUT2D eigenvalue weighted by Crippen LogP contribution is -2.30. The van der Waals surface area contributed by atoms with Crippen LogP contribution in [-0.4, -0.2) is 37.2 Å². The van der Waals surface area contributed by atoms with Crippen LogP contribution in [0, 0.1) is 0 Å². The van der Waals surface area contributed by atoms with Crippen molar-refractivity contribution in [3.05, 3.63) is 60.8 Å². The summed E-state index contributed by atoms with van der Waals surface area (Å²) >= 11 is 0. The average Bonchev–Trinajstić information content (AvgIpc) is 3.40. The van der Waals surface area contributed by atoms with Gasteiger partial charge >= 0.3 is 17.9 Å². The minimum atomic E-state index is -0.778. The van der Waals surface area contributed by atoms with Crippen molar-refractivity contribution < 1.29 is 28.6 Å². The van der Waals surface area contributed by atoms with Crippen molar-refractivity contribution in [2.24, 2.45) is 0 Å². The Kier molecular flexibility index (Phi) is 60.2. The number of hydrogen-bond acceptors (Lipinski definition) is 6. The second-order valence-electron chi connectivity index (χ2n) is 21.6. The van der Waals surface area contributed by atoms with Gasteiger partial charge in [0.25, 0.3) is 0 Å². The van der Waals surface area contributed by atoms with Crippen LogP contribution in [0.3, 0.4) is 0 Å². The molecule has 0 heterocycles. The van der Waals surface area contributed by atoms with Crippen molar-refractivity contribution in [3.8, 4) is 0 Å². The number of unbranched alkanes of at least 4 members (excludes halogenated alkanes) is 38. The van der Waals surface area contributed by atoms with Gasteiger partial charge in [-0.25, -0.2) is 0 Å². The lowest BCUT2D eigenvalue weighted by Gasteiger charge is -2.18. The van der Waals surface area contributed by atoms with Gasteiger partial charge in [0.2, 0.25) is 0 Å². The molecule has 0 aliphatic carbocycles. The fourth-order valence-electron chi connectivity index (χ4n) is 9.43. The van der Waals surface area contributed by atoms with Gasteiger partial charge in [0, 0.05) is 19.3 Å². The molecule has 0 amide bonds. The van der Waals surface area contributed by atoms with Crippen LogP contribution in [-0.2, 0) is 28.6 Å². The van der Waals surface area contributed by atoms with E-state index in [0.29, 0.717) is 19.3 Å². The van der Waals surface area contributed by atoms with Gasteiger partial charge in [-0.3, -0.25) is 14.4 Å². The van der Waals surface area contributed by atoms with Crippen LogP contribution in [0.25, 0.3) is 0 Å². The van der Waals surface area contributed by atoms with E-state index in [9.17, 15) is 14.4 Å². The van der Waals surface area contributed by atoms with E-state index in [1.165, 1.54) is 205 Å². The standard InChI is InChI=1S/C68H122O6/c1-4-7-10-13-16-19-22-25-28-31-33-34-35-38-40-43-46-49-52-55-58-61-67(70)73-64-65(63-72-66(69)60-57-54-51-48-45-42-39-36-30-27-24-21-18-15-12-9-6-3)74-68(71)62-59-56-53-50-47-44-41-37-32-29-26-23-20-17-14-11-8-5-2/h7,10,16,19,25,27-28,30,33-34,65H,4-6,8-9,11-15,17-18,20-24,26,29,31-32,35-64H2,1-3H3/b10-7-,19-16-,28-25-,30-27-,34-33-. The first-order valence-electron chi connectivity index (χ1n) is 32.3. The van der Waals surface area contributed by atoms with E-state index >= 15 is 0 Å². The smallest absolute Gasteiger partial charge is 0.306 e. The first-order chi connectivity index (χ1) is 36.5. The Bertz CT molecular complexity index is 1330. The Morgan fingerprint density at radius 1 is 0.284 bits per heavy atom. The highest BCUT2D eigenvalue weighted by Gasteiger charge is 2.19. The van der Waals surface area contributed by atoms with E-state index in [0.717, 1.165) is 89.9 Å². The number of ether oxygens (including phenoxy) is 3. The summed E-state index contributed by atoms with van der Waals surface area (Å²) in [5.74, 6) is -0.867. The molecule has 0 spiro atoms. The molecule has 0 bridgehead atoms. The highest BCUT2D eigenvalue weighted by molar-refractivity contribution is 5.71. The summed E-state index contributed by atoms with van der Waals surface area (Å²) in [5.41, 5.74) is 0. The SMILES string of the molecule is CC/C=C\C/C=C\C/C=C\C/C=C\CCCCCCCCCCC(=O)OCC(COC(=O)CCCCCCCCC/C=C\CCCCCCCC)OC(=O)CCCCCCCCCCCCCCCCCCCC. The predicted octanol–water partition coefficient (Wildman–Crippen LogP) is 21.9. The highest BCUT2D eigenvalue weighted by atomic mass is 16.6. The van der Waals surface area contributed by atoms with Crippen LogP contribution in [0.15, 0.2) is 60.8 Å². The number of rotatable bonds is 59. The van der Waals surface area contributed by atoms with Gasteiger partial charge in [0.1, 0.15) is 13.2 Å². The second kappa shape index (κ2) is 62.6. The highest BCUT2D eigenvalue weighted by Crippen LogP contribution is 2.17. The molecule has 0 aromatic heterocycles. The van der Waals surface area contributed by atoms with Crippen LogP contribution >= 0.6 is 0 Å². The predicted molar refractivity (Wildman–Crippen MR) is 321 cm³/mol. The number of carbonyl (C=O) groups excluding carboxylic acids is 3. The minimum Gasteiger partial charge on any atom is -0.462 e. The lowest BCUT2D eigenvalue weighted by molar-refractivity contribution is -0.167. The molecule has 0 aromatic carbocycles. The first-order valence-corrected chi connectivity index (χ1v) is 32.3. The summed E-state index contributed by atoms with van der Waals surface area (Å²) in [5, 5.41) is 0. The Balaban J connectivity index is 4.36. The fourth-order valence-corrected chi connectivity index (χ4v) is 9.43. The van der Waals surface area contributed by atoms with Crippen LogP contribution in [0.1, 0.15) is 335 Å². The van der Waals surface area contributed by atoms with Crippen molar-refractivity contribution in [3.63, 3.8) is 0 Å². The van der Waals surface area contributed by atoms with Crippen molar-refractivity contribution in [2.75, 3.05) is 13.2 Å². The molecule has 0 aromatic rings. The molecule has 0 rings (SSSR count). The molecule has 430 valence electrons. The van der Waals surface area contributed by atoms with Crippen molar-refractivity contribution in [1.82, 2.24) is 0 Å². The molecule has 6 heteroatoms. The Hall–Kier alpha value is -2.89. The zero-order valence-corrected chi connectivity index (χ0v) is 49.4. The van der Waals surface area contributed by atoms with Crippen molar-refractivity contribution in [2.45, 2.75) is 341 Å². The number of hydrogen-bond donors (Lipinski definition) is 0. The van der Waals surface area contributed by atoms with E-state index in [1.807, 2.05) is 0 Å². The molecule has 6 nitrogen and oxygen atoms in total. The lowest BCUT2D eigenvalue weighted by atomic mass is 10.0. The monoisotopic (exact) mass is 1030 g/mol. The molecule has 0 N–H and O–H groups in total. The van der Waals surface area contributed by atoms with Crippen LogP contribution in [0.2, 0.25) is 0 Å². The summed E-state index contributed by atoms with van der Waals surface area (Å²) in [6, 6.07) is 0. The molecule has 0 aliphatic rings. The Morgan fingerprint density at radius 3 is 0.838 bits per heavy atom. The molecule has 0 aliphatic heterocycles. The van der Waals surface area contributed by atoms with E-state index in [2.05, 4.69) is 81.5 Å².